The molecule has 3 nitrogen and oxygen atoms in total. The Balaban J connectivity index is 0. The number of rotatable bonds is 13. The van der Waals surface area contributed by atoms with E-state index in [1.807, 2.05) is 6.08 Å². The second kappa shape index (κ2) is 21.4. The van der Waals surface area contributed by atoms with E-state index in [1.54, 1.807) is 0 Å². The van der Waals surface area contributed by atoms with E-state index in [0.717, 1.165) is 0 Å². The molecule has 0 aromatic heterocycles. The summed E-state index contributed by atoms with van der Waals surface area (Å²) in [6.45, 7) is 6.01. The van der Waals surface area contributed by atoms with Gasteiger partial charge in [0.25, 0.3) is 0 Å². The molecule has 0 amide bonds. The maximum absolute atomic E-state index is 8.29. The lowest BCUT2D eigenvalue weighted by Crippen LogP contribution is -1.81. The lowest BCUT2D eigenvalue weighted by atomic mass is 10.1. The van der Waals surface area contributed by atoms with Crippen LogP contribution in [0.2, 0.25) is 0 Å². The van der Waals surface area contributed by atoms with Crippen molar-refractivity contribution in [1.29, 1.82) is 0 Å². The minimum Gasteiger partial charge on any atom is -0.328 e. The molecule has 1 N–H and O–H groups in total. The van der Waals surface area contributed by atoms with Gasteiger partial charge in [-0.3, -0.25) is 0 Å². The molecule has 122 valence electrons. The number of hydrogen-bond acceptors (Lipinski definition) is 3. The molecule has 0 aromatic carbocycles. The van der Waals surface area contributed by atoms with Crippen LogP contribution in [0.25, 0.3) is 0 Å². The molecule has 0 saturated heterocycles. The highest BCUT2D eigenvalue weighted by Crippen LogP contribution is 2.28. The molecule has 20 heavy (non-hydrogen) atoms. The van der Waals surface area contributed by atoms with Crippen molar-refractivity contribution >= 4 is 8.60 Å². The van der Waals surface area contributed by atoms with Gasteiger partial charge in [-0.05, 0) is 12.8 Å². The molecule has 0 unspecified atom stereocenters. The molecule has 0 fully saturated rings. The molecule has 0 aromatic rings. The fraction of sp³-hybridized carbons (Fsp3) is 0.875. The highest BCUT2D eigenvalue weighted by Gasteiger charge is 1.94. The van der Waals surface area contributed by atoms with Crippen molar-refractivity contribution in [2.75, 3.05) is 14.2 Å². The van der Waals surface area contributed by atoms with Crippen LogP contribution in [0.5, 0.6) is 0 Å². The predicted molar refractivity (Wildman–Crippen MR) is 89.8 cm³/mol. The second-order valence-electron chi connectivity index (χ2n) is 4.86. The van der Waals surface area contributed by atoms with Crippen molar-refractivity contribution in [2.24, 2.45) is 0 Å². The zero-order valence-corrected chi connectivity index (χ0v) is 14.7. The largest absolute Gasteiger partial charge is 0.329 e. The van der Waals surface area contributed by atoms with Gasteiger partial charge < -0.3 is 13.9 Å². The van der Waals surface area contributed by atoms with E-state index in [0.29, 0.717) is 0 Å². The zero-order valence-electron chi connectivity index (χ0n) is 13.8. The maximum atomic E-state index is 8.29. The smallest absolute Gasteiger partial charge is 0.328 e. The minimum atomic E-state index is -1.58. The third-order valence-corrected chi connectivity index (χ3v) is 3.70. The fourth-order valence-electron chi connectivity index (χ4n) is 1.85. The summed E-state index contributed by atoms with van der Waals surface area (Å²) >= 11 is 0. The Morgan fingerprint density at radius 3 is 1.55 bits per heavy atom. The molecular formula is C16H35O3P. The summed E-state index contributed by atoms with van der Waals surface area (Å²) < 4.78 is 8.59. The standard InChI is InChI=1S/C14H28.C2H7O3P/c1-3-5-7-9-11-13-14-12-10-8-6-4-2;1-4-6(3)5-2/h3H,1,4-14H2,2H3;3H,1-2H3. The third kappa shape index (κ3) is 23.2. The minimum absolute atomic E-state index is 1.20. The normalized spacial score (nSPS) is 10.2. The monoisotopic (exact) mass is 306 g/mol. The van der Waals surface area contributed by atoms with E-state index in [1.165, 1.54) is 84.8 Å². The first-order valence-corrected chi connectivity index (χ1v) is 9.04. The topological polar surface area (TPSA) is 38.7 Å². The number of allylic oxidation sites excluding steroid dienone is 1. The van der Waals surface area contributed by atoms with Crippen molar-refractivity contribution in [1.82, 2.24) is 0 Å². The maximum Gasteiger partial charge on any atom is 0.329 e. The van der Waals surface area contributed by atoms with Crippen LogP contribution >= 0.6 is 8.60 Å². The Hall–Kier alpha value is 0.0500. The quantitative estimate of drug-likeness (QED) is 0.258. The van der Waals surface area contributed by atoms with Gasteiger partial charge in [0.2, 0.25) is 0 Å². The Labute approximate surface area is 127 Å². The van der Waals surface area contributed by atoms with Gasteiger partial charge in [0.05, 0.1) is 0 Å². The first-order chi connectivity index (χ1) is 9.72. The second-order valence-corrected chi connectivity index (χ2v) is 6.07. The summed E-state index contributed by atoms with van der Waals surface area (Å²) in [5, 5.41) is 0. The molecule has 0 aliphatic heterocycles. The SMILES string of the molecule is C=CCCCCCCCCCCCC.COP(O)OC. The molecule has 0 heterocycles. The van der Waals surface area contributed by atoms with Gasteiger partial charge in [0, 0.05) is 14.2 Å². The molecule has 0 spiro atoms. The first kappa shape index (κ1) is 22.3. The Morgan fingerprint density at radius 2 is 1.25 bits per heavy atom. The van der Waals surface area contributed by atoms with Gasteiger partial charge in [-0.15, -0.1) is 6.58 Å². The van der Waals surface area contributed by atoms with Gasteiger partial charge >= 0.3 is 8.60 Å². The molecule has 0 saturated carbocycles. The van der Waals surface area contributed by atoms with Gasteiger partial charge in [-0.2, -0.15) is 0 Å². The Kier molecular flexibility index (Phi) is 23.8. The van der Waals surface area contributed by atoms with Gasteiger partial charge in [-0.1, -0.05) is 70.8 Å². The number of unbranched alkanes of at least 4 members (excludes halogenated alkanes) is 10. The average molecular weight is 306 g/mol. The van der Waals surface area contributed by atoms with Crippen LogP contribution in [0.3, 0.4) is 0 Å². The van der Waals surface area contributed by atoms with E-state index < -0.39 is 8.60 Å². The van der Waals surface area contributed by atoms with Crippen LogP contribution in [0.4, 0.5) is 0 Å². The summed E-state index contributed by atoms with van der Waals surface area (Å²) in [5.41, 5.74) is 0. The lowest BCUT2D eigenvalue weighted by molar-refractivity contribution is 0.271. The van der Waals surface area contributed by atoms with E-state index >= 15 is 0 Å². The van der Waals surface area contributed by atoms with Gasteiger partial charge in [0.15, 0.2) is 0 Å². The summed E-state index contributed by atoms with van der Waals surface area (Å²) in [6, 6.07) is 0. The summed E-state index contributed by atoms with van der Waals surface area (Å²) in [4.78, 5) is 8.29. The van der Waals surface area contributed by atoms with Crippen molar-refractivity contribution < 1.29 is 13.9 Å². The summed E-state index contributed by atoms with van der Waals surface area (Å²) in [7, 11) is 1.19. The van der Waals surface area contributed by atoms with E-state index in [-0.39, 0.29) is 0 Å². The highest BCUT2D eigenvalue weighted by atomic mass is 31.2. The van der Waals surface area contributed by atoms with E-state index in [2.05, 4.69) is 22.6 Å². The van der Waals surface area contributed by atoms with Gasteiger partial charge in [-0.25, -0.2) is 0 Å². The molecule has 0 bridgehead atoms. The zero-order chi connectivity index (χ0) is 15.5. The molecular weight excluding hydrogens is 271 g/mol. The third-order valence-electron chi connectivity index (χ3n) is 3.07. The molecule has 0 rings (SSSR count). The molecule has 0 aliphatic rings. The van der Waals surface area contributed by atoms with Crippen molar-refractivity contribution in [2.45, 2.75) is 77.6 Å². The van der Waals surface area contributed by atoms with Crippen LogP contribution in [-0.4, -0.2) is 19.1 Å². The molecule has 0 atom stereocenters. The highest BCUT2D eigenvalue weighted by molar-refractivity contribution is 7.40. The van der Waals surface area contributed by atoms with Crippen LogP contribution in [-0.2, 0) is 9.05 Å². The van der Waals surface area contributed by atoms with E-state index in [4.69, 9.17) is 4.89 Å². The van der Waals surface area contributed by atoms with Crippen LogP contribution in [0.1, 0.15) is 77.6 Å². The Bertz CT molecular complexity index is 173. The average Bonchev–Trinajstić information content (AvgIpc) is 2.49. The fourth-order valence-corrected chi connectivity index (χ4v) is 2.00. The Morgan fingerprint density at radius 1 is 0.850 bits per heavy atom. The number of hydrogen-bond donors (Lipinski definition) is 1. The van der Waals surface area contributed by atoms with Crippen LogP contribution in [0.15, 0.2) is 12.7 Å². The van der Waals surface area contributed by atoms with E-state index in [9.17, 15) is 0 Å². The summed E-state index contributed by atoms with van der Waals surface area (Å²) in [5.74, 6) is 0. The van der Waals surface area contributed by atoms with Crippen LogP contribution in [0, 0.1) is 0 Å². The molecule has 0 radical (unpaired) electrons. The predicted octanol–water partition coefficient (Wildman–Crippen LogP) is 5.98. The van der Waals surface area contributed by atoms with Crippen molar-refractivity contribution in [3.8, 4) is 0 Å². The van der Waals surface area contributed by atoms with Gasteiger partial charge in [0.1, 0.15) is 0 Å². The first-order valence-electron chi connectivity index (χ1n) is 7.91. The van der Waals surface area contributed by atoms with Crippen molar-refractivity contribution in [3.05, 3.63) is 12.7 Å². The van der Waals surface area contributed by atoms with Crippen molar-refractivity contribution in [3.63, 3.8) is 0 Å². The lowest BCUT2D eigenvalue weighted by Gasteiger charge is -2.00. The molecule has 4 heteroatoms. The summed E-state index contributed by atoms with van der Waals surface area (Å²) in [6.07, 6.45) is 17.5. The van der Waals surface area contributed by atoms with Crippen LogP contribution < -0.4 is 0 Å². The molecule has 0 aliphatic carbocycles.